The molecule has 24 heavy (non-hydrogen) atoms. The molecule has 0 bridgehead atoms. The maximum absolute atomic E-state index is 5.94. The zero-order chi connectivity index (χ0) is 16.4. The first-order valence-electron chi connectivity index (χ1n) is 7.85. The Balaban J connectivity index is 1.54. The number of benzene rings is 1. The summed E-state index contributed by atoms with van der Waals surface area (Å²) in [7, 11) is 1.58. The Morgan fingerprint density at radius 2 is 2.04 bits per heavy atom. The van der Waals surface area contributed by atoms with Gasteiger partial charge in [-0.3, -0.25) is 0 Å². The fourth-order valence-corrected chi connectivity index (χ4v) is 3.58. The van der Waals surface area contributed by atoms with Crippen LogP contribution in [0.5, 0.6) is 11.8 Å². The van der Waals surface area contributed by atoms with Gasteiger partial charge in [-0.2, -0.15) is 0 Å². The molecule has 3 aromatic rings. The molecule has 1 aliphatic rings. The summed E-state index contributed by atoms with van der Waals surface area (Å²) in [6.07, 6.45) is 5.80. The van der Waals surface area contributed by atoms with Gasteiger partial charge in [0.15, 0.2) is 0 Å². The van der Waals surface area contributed by atoms with E-state index in [1.165, 1.54) is 24.1 Å². The number of aromatic nitrogens is 3. The van der Waals surface area contributed by atoms with Gasteiger partial charge in [-0.25, -0.2) is 15.0 Å². The molecule has 2 aromatic heterocycles. The van der Waals surface area contributed by atoms with Gasteiger partial charge in [0.2, 0.25) is 11.8 Å². The van der Waals surface area contributed by atoms with Crippen molar-refractivity contribution in [1.82, 2.24) is 15.0 Å². The highest BCUT2D eigenvalue weighted by Crippen LogP contribution is 2.39. The monoisotopic (exact) mass is 339 g/mol. The van der Waals surface area contributed by atoms with Crippen molar-refractivity contribution >= 4 is 22.7 Å². The molecule has 0 spiro atoms. The van der Waals surface area contributed by atoms with E-state index >= 15 is 0 Å². The van der Waals surface area contributed by atoms with E-state index in [0.717, 1.165) is 16.2 Å². The first-order valence-corrected chi connectivity index (χ1v) is 8.73. The molecule has 122 valence electrons. The van der Waals surface area contributed by atoms with Crippen LogP contribution < -0.4 is 9.47 Å². The van der Waals surface area contributed by atoms with Crippen molar-refractivity contribution in [2.75, 3.05) is 7.11 Å². The third kappa shape index (κ3) is 3.28. The van der Waals surface area contributed by atoms with E-state index in [2.05, 4.69) is 39.2 Å². The second-order valence-electron chi connectivity index (χ2n) is 5.65. The number of methoxy groups -OCH3 is 1. The molecule has 0 unspecified atom stereocenters. The number of hydrogen-bond donors (Lipinski definition) is 0. The van der Waals surface area contributed by atoms with Crippen LogP contribution in [0.4, 0.5) is 0 Å². The molecular formula is C18H17N3O2S. The SMILES string of the molecule is COc1nccc2c(OCc3cccc(SC4CC4)c3)ncnc12. The minimum absolute atomic E-state index is 0.468. The Labute approximate surface area is 144 Å². The summed E-state index contributed by atoms with van der Waals surface area (Å²) in [5, 5.41) is 1.60. The van der Waals surface area contributed by atoms with E-state index in [-0.39, 0.29) is 0 Å². The van der Waals surface area contributed by atoms with Crippen LogP contribution in [0.2, 0.25) is 0 Å². The van der Waals surface area contributed by atoms with Crippen molar-refractivity contribution in [3.8, 4) is 11.8 Å². The van der Waals surface area contributed by atoms with Crippen molar-refractivity contribution in [3.63, 3.8) is 0 Å². The predicted molar refractivity (Wildman–Crippen MR) is 93.5 cm³/mol. The van der Waals surface area contributed by atoms with Gasteiger partial charge in [0.1, 0.15) is 18.5 Å². The van der Waals surface area contributed by atoms with Crippen LogP contribution in [0.3, 0.4) is 0 Å². The van der Waals surface area contributed by atoms with Gasteiger partial charge in [-0.15, -0.1) is 11.8 Å². The summed E-state index contributed by atoms with van der Waals surface area (Å²) in [5.74, 6) is 1.02. The summed E-state index contributed by atoms with van der Waals surface area (Å²) in [6.45, 7) is 0.468. The fourth-order valence-electron chi connectivity index (χ4n) is 2.44. The lowest BCUT2D eigenvalue weighted by Gasteiger charge is -2.10. The van der Waals surface area contributed by atoms with Crippen LogP contribution in [-0.4, -0.2) is 27.3 Å². The summed E-state index contributed by atoms with van der Waals surface area (Å²) >= 11 is 1.95. The van der Waals surface area contributed by atoms with Crippen molar-refractivity contribution in [2.45, 2.75) is 29.6 Å². The molecule has 1 aromatic carbocycles. The molecule has 1 fully saturated rings. The number of rotatable bonds is 6. The minimum Gasteiger partial charge on any atom is -0.479 e. The molecule has 0 saturated heterocycles. The zero-order valence-corrected chi connectivity index (χ0v) is 14.1. The zero-order valence-electron chi connectivity index (χ0n) is 13.3. The summed E-state index contributed by atoms with van der Waals surface area (Å²) < 4.78 is 11.2. The average Bonchev–Trinajstić information content (AvgIpc) is 3.43. The van der Waals surface area contributed by atoms with Crippen LogP contribution in [0.15, 0.2) is 47.8 Å². The minimum atomic E-state index is 0.468. The van der Waals surface area contributed by atoms with Crippen molar-refractivity contribution in [2.24, 2.45) is 0 Å². The van der Waals surface area contributed by atoms with Crippen LogP contribution in [0, 0.1) is 0 Å². The van der Waals surface area contributed by atoms with Gasteiger partial charge >= 0.3 is 0 Å². The molecule has 4 rings (SSSR count). The topological polar surface area (TPSA) is 57.1 Å². The highest BCUT2D eigenvalue weighted by Gasteiger charge is 2.22. The molecule has 0 amide bonds. The maximum atomic E-state index is 5.94. The number of hydrogen-bond acceptors (Lipinski definition) is 6. The number of fused-ring (bicyclic) bond motifs is 1. The van der Waals surface area contributed by atoms with Crippen LogP contribution >= 0.6 is 11.8 Å². The molecule has 6 heteroatoms. The Bertz CT molecular complexity index is 868. The van der Waals surface area contributed by atoms with E-state index in [1.54, 1.807) is 13.3 Å². The first-order chi connectivity index (χ1) is 11.8. The van der Waals surface area contributed by atoms with Gasteiger partial charge < -0.3 is 9.47 Å². The Morgan fingerprint density at radius 3 is 2.88 bits per heavy atom. The van der Waals surface area contributed by atoms with Gasteiger partial charge in [0.25, 0.3) is 0 Å². The van der Waals surface area contributed by atoms with Crippen molar-refractivity contribution in [3.05, 3.63) is 48.4 Å². The molecule has 5 nitrogen and oxygen atoms in total. The Hall–Kier alpha value is -2.34. The number of pyridine rings is 1. The van der Waals surface area contributed by atoms with Crippen LogP contribution in [0.1, 0.15) is 18.4 Å². The van der Waals surface area contributed by atoms with Gasteiger partial charge in [-0.05, 0) is 36.6 Å². The molecule has 0 aliphatic heterocycles. The fraction of sp³-hybridized carbons (Fsp3) is 0.278. The van der Waals surface area contributed by atoms with Crippen LogP contribution in [0.25, 0.3) is 10.9 Å². The molecule has 1 aliphatic carbocycles. The number of thioether (sulfide) groups is 1. The predicted octanol–water partition coefficient (Wildman–Crippen LogP) is 3.87. The average molecular weight is 339 g/mol. The molecular weight excluding hydrogens is 322 g/mol. The second kappa shape index (κ2) is 6.65. The molecule has 0 radical (unpaired) electrons. The lowest BCUT2D eigenvalue weighted by Crippen LogP contribution is -2.00. The van der Waals surface area contributed by atoms with E-state index < -0.39 is 0 Å². The number of ether oxygens (including phenoxy) is 2. The molecule has 2 heterocycles. The molecule has 1 saturated carbocycles. The maximum Gasteiger partial charge on any atom is 0.240 e. The first kappa shape index (κ1) is 15.2. The summed E-state index contributed by atoms with van der Waals surface area (Å²) in [4.78, 5) is 14.0. The van der Waals surface area contributed by atoms with E-state index in [0.29, 0.717) is 23.9 Å². The molecule has 0 N–H and O–H groups in total. The standard InChI is InChI=1S/C18H17N3O2S/c1-22-18-16-15(7-8-19-18)17(21-11-20-16)23-10-12-3-2-4-14(9-12)24-13-5-6-13/h2-4,7-9,11,13H,5-6,10H2,1H3. The van der Waals surface area contributed by atoms with Crippen molar-refractivity contribution in [1.29, 1.82) is 0 Å². The Kier molecular flexibility index (Phi) is 4.21. The highest BCUT2D eigenvalue weighted by molar-refractivity contribution is 8.00. The van der Waals surface area contributed by atoms with Gasteiger partial charge in [-0.1, -0.05) is 12.1 Å². The van der Waals surface area contributed by atoms with E-state index in [1.807, 2.05) is 17.8 Å². The van der Waals surface area contributed by atoms with Gasteiger partial charge in [0, 0.05) is 16.3 Å². The lowest BCUT2D eigenvalue weighted by molar-refractivity contribution is 0.297. The normalized spacial score (nSPS) is 13.9. The van der Waals surface area contributed by atoms with E-state index in [9.17, 15) is 0 Å². The number of nitrogens with zero attached hydrogens (tertiary/aromatic N) is 3. The largest absolute Gasteiger partial charge is 0.479 e. The van der Waals surface area contributed by atoms with Gasteiger partial charge in [0.05, 0.1) is 12.5 Å². The smallest absolute Gasteiger partial charge is 0.240 e. The lowest BCUT2D eigenvalue weighted by atomic mass is 10.2. The third-order valence-corrected chi connectivity index (χ3v) is 5.11. The third-order valence-electron chi connectivity index (χ3n) is 3.78. The summed E-state index contributed by atoms with van der Waals surface area (Å²) in [6, 6.07) is 10.3. The summed E-state index contributed by atoms with van der Waals surface area (Å²) in [5.41, 5.74) is 1.79. The van der Waals surface area contributed by atoms with Crippen LogP contribution in [-0.2, 0) is 6.61 Å². The quantitative estimate of drug-likeness (QED) is 0.679. The molecule has 0 atom stereocenters. The Morgan fingerprint density at radius 1 is 1.12 bits per heavy atom. The van der Waals surface area contributed by atoms with E-state index in [4.69, 9.17) is 9.47 Å². The second-order valence-corrected chi connectivity index (χ2v) is 7.02. The van der Waals surface area contributed by atoms with Crippen molar-refractivity contribution < 1.29 is 9.47 Å². The highest BCUT2D eigenvalue weighted by atomic mass is 32.2.